The van der Waals surface area contributed by atoms with Crippen molar-refractivity contribution in [3.63, 3.8) is 0 Å². The second kappa shape index (κ2) is 5.43. The highest BCUT2D eigenvalue weighted by molar-refractivity contribution is 5.80. The van der Waals surface area contributed by atoms with Crippen LogP contribution < -0.4 is 16.0 Å². The lowest BCUT2D eigenvalue weighted by Crippen LogP contribution is -2.32. The van der Waals surface area contributed by atoms with Crippen molar-refractivity contribution >= 4 is 5.82 Å². The van der Waals surface area contributed by atoms with Crippen molar-refractivity contribution in [1.82, 2.24) is 4.98 Å². The van der Waals surface area contributed by atoms with E-state index in [0.717, 1.165) is 24.2 Å². The number of ether oxygens (including phenoxy) is 1. The van der Waals surface area contributed by atoms with Crippen LogP contribution in [-0.2, 0) is 6.42 Å². The molecule has 1 aromatic carbocycles. The number of H-pyrrole nitrogens is 1. The third kappa shape index (κ3) is 2.49. The number of hydrogen-bond acceptors (Lipinski definition) is 5. The first-order valence-corrected chi connectivity index (χ1v) is 7.54. The van der Waals surface area contributed by atoms with Gasteiger partial charge >= 0.3 is 0 Å². The Morgan fingerprint density at radius 2 is 1.96 bits per heavy atom. The molecule has 2 aromatic rings. The van der Waals surface area contributed by atoms with Gasteiger partial charge in [-0.2, -0.15) is 10.5 Å². The van der Waals surface area contributed by atoms with E-state index < -0.39 is 5.56 Å². The fourth-order valence-electron chi connectivity index (χ4n) is 2.95. The van der Waals surface area contributed by atoms with E-state index >= 15 is 0 Å². The average Bonchev–Trinajstić information content (AvgIpc) is 2.53. The van der Waals surface area contributed by atoms with Crippen LogP contribution in [0, 0.1) is 22.7 Å². The predicted molar refractivity (Wildman–Crippen MR) is 89.4 cm³/mol. The quantitative estimate of drug-likeness (QED) is 0.837. The molecule has 0 amide bonds. The molecule has 1 aliphatic heterocycles. The first-order valence-electron chi connectivity index (χ1n) is 7.54. The number of nitrogens with zero attached hydrogens (tertiary/aromatic N) is 2. The molecule has 3 N–H and O–H groups in total. The lowest BCUT2D eigenvalue weighted by Gasteiger charge is -2.32. The minimum atomic E-state index is -0.598. The molecule has 0 atom stereocenters. The Hall–Kier alpha value is -3.25. The van der Waals surface area contributed by atoms with E-state index in [2.05, 4.69) is 4.98 Å². The van der Waals surface area contributed by atoms with Crippen LogP contribution in [0.3, 0.4) is 0 Å². The van der Waals surface area contributed by atoms with E-state index in [1.54, 1.807) is 6.07 Å². The molecule has 0 fully saturated rings. The molecule has 0 saturated carbocycles. The van der Waals surface area contributed by atoms with Gasteiger partial charge in [-0.1, -0.05) is 6.07 Å². The van der Waals surface area contributed by atoms with Gasteiger partial charge in [0.1, 0.15) is 40.4 Å². The number of anilines is 1. The van der Waals surface area contributed by atoms with Gasteiger partial charge in [0.2, 0.25) is 0 Å². The summed E-state index contributed by atoms with van der Waals surface area (Å²) >= 11 is 0. The third-order valence-electron chi connectivity index (χ3n) is 4.20. The number of benzene rings is 1. The highest BCUT2D eigenvalue weighted by Gasteiger charge is 2.27. The fraction of sp³-hybridized carbons (Fsp3) is 0.278. The normalized spacial score (nSPS) is 14.8. The number of aryl methyl sites for hydroxylation is 1. The van der Waals surface area contributed by atoms with Crippen molar-refractivity contribution < 1.29 is 4.74 Å². The zero-order valence-corrected chi connectivity index (χ0v) is 13.4. The van der Waals surface area contributed by atoms with Gasteiger partial charge in [0, 0.05) is 5.56 Å². The van der Waals surface area contributed by atoms with Crippen LogP contribution in [0.4, 0.5) is 5.82 Å². The van der Waals surface area contributed by atoms with Gasteiger partial charge in [0.15, 0.2) is 0 Å². The van der Waals surface area contributed by atoms with Crippen molar-refractivity contribution in [3.05, 3.63) is 45.2 Å². The average molecular weight is 320 g/mol. The summed E-state index contributed by atoms with van der Waals surface area (Å²) < 4.78 is 5.95. The highest BCUT2D eigenvalue weighted by atomic mass is 16.5. The van der Waals surface area contributed by atoms with E-state index in [0.29, 0.717) is 5.56 Å². The molecule has 0 aliphatic carbocycles. The maximum atomic E-state index is 12.0. The molecule has 120 valence electrons. The highest BCUT2D eigenvalue weighted by Crippen LogP contribution is 2.37. The minimum Gasteiger partial charge on any atom is -0.488 e. The summed E-state index contributed by atoms with van der Waals surface area (Å²) in [6.45, 7) is 4.06. The van der Waals surface area contributed by atoms with E-state index in [9.17, 15) is 15.3 Å². The summed E-state index contributed by atoms with van der Waals surface area (Å²) in [5, 5.41) is 18.7. The number of nitrogens with one attached hydrogen (secondary N) is 1. The van der Waals surface area contributed by atoms with E-state index in [-0.39, 0.29) is 28.1 Å². The molecule has 6 nitrogen and oxygen atoms in total. The van der Waals surface area contributed by atoms with E-state index in [1.165, 1.54) is 0 Å². The van der Waals surface area contributed by atoms with Crippen molar-refractivity contribution in [3.8, 4) is 29.0 Å². The first-order chi connectivity index (χ1) is 11.4. The third-order valence-corrected chi connectivity index (χ3v) is 4.20. The Kier molecular flexibility index (Phi) is 3.54. The number of nitrogens with two attached hydrogens (primary N) is 1. The largest absolute Gasteiger partial charge is 0.488 e. The van der Waals surface area contributed by atoms with Crippen LogP contribution in [0.25, 0.3) is 11.1 Å². The summed E-state index contributed by atoms with van der Waals surface area (Å²) in [5.74, 6) is 0.747. The monoisotopic (exact) mass is 320 g/mol. The molecule has 1 aliphatic rings. The molecule has 3 rings (SSSR count). The second-order valence-corrected chi connectivity index (χ2v) is 6.40. The predicted octanol–water partition coefficient (Wildman–Crippen LogP) is 2.47. The van der Waals surface area contributed by atoms with Crippen LogP contribution in [0.15, 0.2) is 23.0 Å². The maximum Gasteiger partial charge on any atom is 0.268 e. The number of aromatic nitrogens is 1. The smallest absolute Gasteiger partial charge is 0.268 e. The molecule has 6 heteroatoms. The molecule has 2 heterocycles. The number of pyridine rings is 1. The Morgan fingerprint density at radius 3 is 2.62 bits per heavy atom. The summed E-state index contributed by atoms with van der Waals surface area (Å²) in [5.41, 5.74) is 6.79. The number of rotatable bonds is 1. The van der Waals surface area contributed by atoms with Crippen molar-refractivity contribution in [2.45, 2.75) is 32.3 Å². The number of fused-ring (bicyclic) bond motifs is 1. The van der Waals surface area contributed by atoms with Crippen molar-refractivity contribution in [1.29, 1.82) is 10.5 Å². The zero-order chi connectivity index (χ0) is 17.5. The van der Waals surface area contributed by atoms with Crippen molar-refractivity contribution in [2.75, 3.05) is 5.73 Å². The van der Waals surface area contributed by atoms with E-state index in [1.807, 2.05) is 38.1 Å². The molecule has 24 heavy (non-hydrogen) atoms. The lowest BCUT2D eigenvalue weighted by molar-refractivity contribution is 0.0847. The van der Waals surface area contributed by atoms with Crippen molar-refractivity contribution in [2.24, 2.45) is 0 Å². The summed E-state index contributed by atoms with van der Waals surface area (Å²) in [4.78, 5) is 14.4. The summed E-state index contributed by atoms with van der Waals surface area (Å²) in [7, 11) is 0. The van der Waals surface area contributed by atoms with E-state index in [4.69, 9.17) is 10.5 Å². The first kappa shape index (κ1) is 15.6. The van der Waals surface area contributed by atoms with Gasteiger partial charge in [-0.25, -0.2) is 0 Å². The zero-order valence-electron chi connectivity index (χ0n) is 13.4. The second-order valence-electron chi connectivity index (χ2n) is 6.40. The molecule has 0 unspecified atom stereocenters. The van der Waals surface area contributed by atoms with Gasteiger partial charge in [-0.15, -0.1) is 0 Å². The maximum absolute atomic E-state index is 12.0. The molecule has 0 radical (unpaired) electrons. The van der Waals surface area contributed by atoms with Crippen LogP contribution in [0.2, 0.25) is 0 Å². The number of hydrogen-bond donors (Lipinski definition) is 2. The molecular weight excluding hydrogens is 304 g/mol. The molecule has 0 spiro atoms. The van der Waals surface area contributed by atoms with Crippen LogP contribution in [0.5, 0.6) is 5.75 Å². The fourth-order valence-corrected chi connectivity index (χ4v) is 2.95. The Labute approximate surface area is 139 Å². The Balaban J connectivity index is 2.24. The SMILES string of the molecule is CC1(C)CCc2cc(-c3c(C#N)c(N)[nH]c(=O)c3C#N)ccc2O1. The molecule has 0 bridgehead atoms. The van der Waals surface area contributed by atoms with Gasteiger partial charge in [-0.3, -0.25) is 4.79 Å². The number of aromatic amines is 1. The molecule has 0 saturated heterocycles. The van der Waals surface area contributed by atoms with Crippen LogP contribution >= 0.6 is 0 Å². The van der Waals surface area contributed by atoms with Crippen LogP contribution in [-0.4, -0.2) is 10.6 Å². The van der Waals surface area contributed by atoms with Gasteiger partial charge in [-0.05, 0) is 49.9 Å². The minimum absolute atomic E-state index is 0.0356. The summed E-state index contributed by atoms with van der Waals surface area (Å²) in [6, 6.07) is 9.27. The standard InChI is InChI=1S/C18H16N4O2/c1-18(2)6-5-10-7-11(3-4-14(10)24-18)15-12(8-19)16(21)22-17(23)13(15)9-20/h3-4,7H,5-6H2,1-2H3,(H3,21,22,23). The van der Waals surface area contributed by atoms with Gasteiger partial charge < -0.3 is 15.5 Å². The number of nitriles is 2. The Morgan fingerprint density at radius 1 is 1.25 bits per heavy atom. The topological polar surface area (TPSA) is 116 Å². The van der Waals surface area contributed by atoms with Gasteiger partial charge in [0.25, 0.3) is 5.56 Å². The molecular formula is C18H16N4O2. The number of nitrogen functional groups attached to an aromatic ring is 1. The van der Waals surface area contributed by atoms with Crippen LogP contribution in [0.1, 0.15) is 37.0 Å². The van der Waals surface area contributed by atoms with Gasteiger partial charge in [0.05, 0.1) is 0 Å². The summed E-state index contributed by atoms with van der Waals surface area (Å²) in [6.07, 6.45) is 1.68. The lowest BCUT2D eigenvalue weighted by atomic mass is 9.90. The molecule has 1 aromatic heterocycles. The Bertz CT molecular complexity index is 974.